The SMILES string of the molecule is COc1cccc(Cl)c1C(C)(N)CO. The van der Waals surface area contributed by atoms with Gasteiger partial charge in [0.05, 0.1) is 19.3 Å². The first-order chi connectivity index (χ1) is 6.53. The van der Waals surface area contributed by atoms with Crippen LogP contribution < -0.4 is 10.5 Å². The molecule has 3 nitrogen and oxygen atoms in total. The van der Waals surface area contributed by atoms with E-state index in [1.807, 2.05) is 0 Å². The number of ether oxygens (including phenoxy) is 1. The van der Waals surface area contributed by atoms with E-state index in [1.165, 1.54) is 0 Å². The summed E-state index contributed by atoms with van der Waals surface area (Å²) in [5, 5.41) is 9.66. The van der Waals surface area contributed by atoms with E-state index >= 15 is 0 Å². The molecular formula is C10H14ClNO2. The summed E-state index contributed by atoms with van der Waals surface area (Å²) in [6.07, 6.45) is 0. The predicted octanol–water partition coefficient (Wildman–Crippen LogP) is 1.51. The summed E-state index contributed by atoms with van der Waals surface area (Å²) in [6.45, 7) is 1.52. The molecule has 0 aliphatic carbocycles. The second-order valence-electron chi connectivity index (χ2n) is 3.39. The van der Waals surface area contributed by atoms with E-state index in [1.54, 1.807) is 32.2 Å². The number of hydrogen-bond donors (Lipinski definition) is 2. The number of aliphatic hydroxyl groups is 1. The van der Waals surface area contributed by atoms with Gasteiger partial charge >= 0.3 is 0 Å². The van der Waals surface area contributed by atoms with Crippen LogP contribution in [-0.4, -0.2) is 18.8 Å². The van der Waals surface area contributed by atoms with Gasteiger partial charge in [-0.1, -0.05) is 17.7 Å². The lowest BCUT2D eigenvalue weighted by molar-refractivity contribution is 0.206. The van der Waals surface area contributed by atoms with E-state index in [2.05, 4.69) is 0 Å². The Morgan fingerprint density at radius 3 is 2.71 bits per heavy atom. The van der Waals surface area contributed by atoms with Gasteiger partial charge in [-0.2, -0.15) is 0 Å². The molecule has 0 saturated carbocycles. The fraction of sp³-hybridized carbons (Fsp3) is 0.400. The van der Waals surface area contributed by atoms with Crippen LogP contribution in [0.1, 0.15) is 12.5 Å². The number of methoxy groups -OCH3 is 1. The lowest BCUT2D eigenvalue weighted by atomic mass is 9.93. The molecular weight excluding hydrogens is 202 g/mol. The Morgan fingerprint density at radius 2 is 2.21 bits per heavy atom. The molecule has 0 radical (unpaired) electrons. The third-order valence-electron chi connectivity index (χ3n) is 2.09. The van der Waals surface area contributed by atoms with E-state index in [0.717, 1.165) is 0 Å². The van der Waals surface area contributed by atoms with Crippen LogP contribution in [0.15, 0.2) is 18.2 Å². The van der Waals surface area contributed by atoms with E-state index in [4.69, 9.17) is 27.2 Å². The first-order valence-electron chi connectivity index (χ1n) is 4.25. The molecule has 1 rings (SSSR count). The van der Waals surface area contributed by atoms with Crippen molar-refractivity contribution >= 4 is 11.6 Å². The van der Waals surface area contributed by atoms with Crippen molar-refractivity contribution in [1.82, 2.24) is 0 Å². The molecule has 0 aliphatic rings. The summed E-state index contributed by atoms with van der Waals surface area (Å²) in [6, 6.07) is 5.26. The van der Waals surface area contributed by atoms with Crippen molar-refractivity contribution in [1.29, 1.82) is 0 Å². The topological polar surface area (TPSA) is 55.5 Å². The minimum atomic E-state index is -0.885. The number of benzene rings is 1. The van der Waals surface area contributed by atoms with Crippen LogP contribution in [0.25, 0.3) is 0 Å². The Labute approximate surface area is 88.4 Å². The van der Waals surface area contributed by atoms with E-state index in [0.29, 0.717) is 16.3 Å². The summed E-state index contributed by atoms with van der Waals surface area (Å²) in [4.78, 5) is 0. The monoisotopic (exact) mass is 215 g/mol. The molecule has 0 amide bonds. The number of rotatable bonds is 3. The Hall–Kier alpha value is -0.770. The lowest BCUT2D eigenvalue weighted by Gasteiger charge is -2.25. The third kappa shape index (κ3) is 2.00. The van der Waals surface area contributed by atoms with Crippen LogP contribution in [0.3, 0.4) is 0 Å². The van der Waals surface area contributed by atoms with Gasteiger partial charge in [-0.05, 0) is 19.1 Å². The van der Waals surface area contributed by atoms with E-state index in [9.17, 15) is 0 Å². The maximum absolute atomic E-state index is 9.15. The van der Waals surface area contributed by atoms with Gasteiger partial charge in [-0.3, -0.25) is 0 Å². The molecule has 4 heteroatoms. The third-order valence-corrected chi connectivity index (χ3v) is 2.41. The molecule has 0 aromatic heterocycles. The van der Waals surface area contributed by atoms with E-state index < -0.39 is 5.54 Å². The zero-order valence-electron chi connectivity index (χ0n) is 8.25. The number of hydrogen-bond acceptors (Lipinski definition) is 3. The van der Waals surface area contributed by atoms with Crippen LogP contribution in [0, 0.1) is 0 Å². The standard InChI is InChI=1S/C10H14ClNO2/c1-10(12,6-13)9-7(11)4-3-5-8(9)14-2/h3-5,13H,6,12H2,1-2H3. The van der Waals surface area contributed by atoms with Crippen molar-refractivity contribution < 1.29 is 9.84 Å². The molecule has 0 saturated heterocycles. The molecule has 0 bridgehead atoms. The molecule has 0 aliphatic heterocycles. The average Bonchev–Trinajstić information content (AvgIpc) is 2.17. The molecule has 0 fully saturated rings. The highest BCUT2D eigenvalue weighted by Crippen LogP contribution is 2.33. The molecule has 1 atom stereocenters. The average molecular weight is 216 g/mol. The van der Waals surface area contributed by atoms with Gasteiger partial charge in [0.15, 0.2) is 0 Å². The van der Waals surface area contributed by atoms with Crippen molar-refractivity contribution in [2.75, 3.05) is 13.7 Å². The molecule has 1 aromatic rings. The minimum Gasteiger partial charge on any atom is -0.496 e. The molecule has 1 aromatic carbocycles. The highest BCUT2D eigenvalue weighted by Gasteiger charge is 2.26. The fourth-order valence-corrected chi connectivity index (χ4v) is 1.69. The Balaban J connectivity index is 3.30. The van der Waals surface area contributed by atoms with Gasteiger partial charge in [0, 0.05) is 10.6 Å². The van der Waals surface area contributed by atoms with Crippen molar-refractivity contribution in [2.24, 2.45) is 5.73 Å². The Bertz CT molecular complexity index is 326. The smallest absolute Gasteiger partial charge is 0.125 e. The van der Waals surface area contributed by atoms with Gasteiger partial charge in [-0.15, -0.1) is 0 Å². The summed E-state index contributed by atoms with van der Waals surface area (Å²) >= 11 is 6.00. The largest absolute Gasteiger partial charge is 0.496 e. The first-order valence-corrected chi connectivity index (χ1v) is 4.63. The van der Waals surface area contributed by atoms with Crippen LogP contribution >= 0.6 is 11.6 Å². The summed E-state index contributed by atoms with van der Waals surface area (Å²) < 4.78 is 5.14. The van der Waals surface area contributed by atoms with Crippen LogP contribution in [0.5, 0.6) is 5.75 Å². The van der Waals surface area contributed by atoms with Gasteiger partial charge in [-0.25, -0.2) is 0 Å². The van der Waals surface area contributed by atoms with Crippen molar-refractivity contribution in [3.63, 3.8) is 0 Å². The van der Waals surface area contributed by atoms with Crippen LogP contribution in [0.2, 0.25) is 5.02 Å². The van der Waals surface area contributed by atoms with Gasteiger partial charge in [0.1, 0.15) is 5.75 Å². The summed E-state index contributed by atoms with van der Waals surface area (Å²) in [7, 11) is 1.54. The maximum Gasteiger partial charge on any atom is 0.125 e. The second kappa shape index (κ2) is 4.17. The number of aliphatic hydroxyl groups excluding tert-OH is 1. The number of nitrogens with two attached hydrogens (primary N) is 1. The van der Waals surface area contributed by atoms with E-state index in [-0.39, 0.29) is 6.61 Å². The highest BCUT2D eigenvalue weighted by atomic mass is 35.5. The maximum atomic E-state index is 9.15. The van der Waals surface area contributed by atoms with Gasteiger partial charge < -0.3 is 15.6 Å². The zero-order valence-corrected chi connectivity index (χ0v) is 9.01. The van der Waals surface area contributed by atoms with Crippen LogP contribution in [0.4, 0.5) is 0 Å². The van der Waals surface area contributed by atoms with Crippen molar-refractivity contribution in [3.8, 4) is 5.75 Å². The molecule has 1 unspecified atom stereocenters. The normalized spacial score (nSPS) is 14.9. The first kappa shape index (κ1) is 11.3. The van der Waals surface area contributed by atoms with Crippen molar-refractivity contribution in [3.05, 3.63) is 28.8 Å². The van der Waals surface area contributed by atoms with Crippen LogP contribution in [-0.2, 0) is 5.54 Å². The molecule has 0 heterocycles. The summed E-state index contributed by atoms with van der Waals surface area (Å²) in [5.74, 6) is 0.594. The lowest BCUT2D eigenvalue weighted by Crippen LogP contribution is -2.37. The molecule has 78 valence electrons. The van der Waals surface area contributed by atoms with Gasteiger partial charge in [0.2, 0.25) is 0 Å². The van der Waals surface area contributed by atoms with Gasteiger partial charge in [0.25, 0.3) is 0 Å². The quantitative estimate of drug-likeness (QED) is 0.804. The van der Waals surface area contributed by atoms with Crippen molar-refractivity contribution in [2.45, 2.75) is 12.5 Å². The highest BCUT2D eigenvalue weighted by molar-refractivity contribution is 6.31. The Kier molecular flexibility index (Phi) is 3.37. The number of halogens is 1. The zero-order chi connectivity index (χ0) is 10.8. The molecule has 14 heavy (non-hydrogen) atoms. The molecule has 0 spiro atoms. The Morgan fingerprint density at radius 1 is 1.57 bits per heavy atom. The molecule has 3 N–H and O–H groups in total. The summed E-state index contributed by atoms with van der Waals surface area (Å²) in [5.41, 5.74) is 5.65. The second-order valence-corrected chi connectivity index (χ2v) is 3.80. The fourth-order valence-electron chi connectivity index (χ4n) is 1.31. The minimum absolute atomic E-state index is 0.187. The predicted molar refractivity (Wildman–Crippen MR) is 56.6 cm³/mol.